The van der Waals surface area contributed by atoms with Crippen molar-refractivity contribution in [2.24, 2.45) is 11.8 Å². The van der Waals surface area contributed by atoms with Crippen LogP contribution < -0.4 is 4.74 Å². The van der Waals surface area contributed by atoms with Gasteiger partial charge < -0.3 is 14.7 Å². The average Bonchev–Trinajstić information content (AvgIpc) is 2.89. The van der Waals surface area contributed by atoms with E-state index in [1.54, 1.807) is 18.2 Å². The topological polar surface area (TPSA) is 62.7 Å². The number of piperidine rings is 1. The summed E-state index contributed by atoms with van der Waals surface area (Å²) in [6.07, 6.45) is 1.21. The van der Waals surface area contributed by atoms with E-state index in [-0.39, 0.29) is 22.3 Å². The van der Waals surface area contributed by atoms with Crippen LogP contribution in [-0.4, -0.2) is 53.5 Å². The number of likely N-dealkylation sites (tertiary alicyclic amines) is 1. The standard InChI is InChI=1S/C27H28ClF3N2O3S/c1-36-18-4-7-24-19(13-18)26(21(28)14-32-24)23(31)5-2-16-8-9-33(15-20(16)27(34)35)10-11-37-25-12-17(29)3-6-22(25)30/h3-4,6-7,12-14,16,20,23H,2,5,8-11,15H2,1H3,(H,34,35)/t16-,20+,23-/m0/s1. The summed E-state index contributed by atoms with van der Waals surface area (Å²) in [5.41, 5.74) is 0.951. The van der Waals surface area contributed by atoms with Gasteiger partial charge in [-0.2, -0.15) is 0 Å². The van der Waals surface area contributed by atoms with Crippen LogP contribution in [0.25, 0.3) is 10.9 Å². The summed E-state index contributed by atoms with van der Waals surface area (Å²) in [4.78, 5) is 18.6. The van der Waals surface area contributed by atoms with Crippen LogP contribution in [0.15, 0.2) is 47.5 Å². The molecule has 0 bridgehead atoms. The predicted molar refractivity (Wildman–Crippen MR) is 139 cm³/mol. The molecule has 0 spiro atoms. The van der Waals surface area contributed by atoms with Crippen LogP contribution >= 0.6 is 23.4 Å². The van der Waals surface area contributed by atoms with Gasteiger partial charge in [0.15, 0.2) is 0 Å². The van der Waals surface area contributed by atoms with Crippen LogP contribution in [0.2, 0.25) is 5.02 Å². The van der Waals surface area contributed by atoms with Crippen molar-refractivity contribution in [3.8, 4) is 5.75 Å². The Kier molecular flexibility index (Phi) is 9.21. The molecule has 198 valence electrons. The molecule has 10 heteroatoms. The van der Waals surface area contributed by atoms with Gasteiger partial charge in [-0.05, 0) is 68.1 Å². The van der Waals surface area contributed by atoms with E-state index in [1.807, 2.05) is 4.90 Å². The second-order valence-electron chi connectivity index (χ2n) is 9.17. The maximum Gasteiger partial charge on any atom is 0.308 e. The SMILES string of the molecule is COc1ccc2ncc(Cl)c([C@@H](F)CC[C@H]3CCN(CCSc4cc(F)ccc4F)C[C@H]3C(=O)O)c2c1. The van der Waals surface area contributed by atoms with E-state index in [4.69, 9.17) is 16.3 Å². The molecule has 0 aliphatic carbocycles. The Hall–Kier alpha value is -2.49. The monoisotopic (exact) mass is 552 g/mol. The molecule has 2 aromatic carbocycles. The van der Waals surface area contributed by atoms with Crippen LogP contribution in [0, 0.1) is 23.5 Å². The van der Waals surface area contributed by atoms with E-state index in [1.165, 1.54) is 25.1 Å². The summed E-state index contributed by atoms with van der Waals surface area (Å²) in [5, 5.41) is 10.7. The van der Waals surface area contributed by atoms with Crippen LogP contribution in [0.5, 0.6) is 5.75 Å². The highest BCUT2D eigenvalue weighted by atomic mass is 35.5. The quantitative estimate of drug-likeness (QED) is 0.280. The first-order valence-corrected chi connectivity index (χ1v) is 13.4. The Balaban J connectivity index is 1.36. The molecule has 1 aromatic heterocycles. The lowest BCUT2D eigenvalue weighted by atomic mass is 9.81. The Morgan fingerprint density at radius 2 is 2.11 bits per heavy atom. The zero-order valence-corrected chi connectivity index (χ0v) is 21.9. The van der Waals surface area contributed by atoms with Gasteiger partial charge in [0.1, 0.15) is 23.6 Å². The zero-order valence-electron chi connectivity index (χ0n) is 20.3. The van der Waals surface area contributed by atoms with Crippen molar-refractivity contribution in [2.75, 3.05) is 32.5 Å². The van der Waals surface area contributed by atoms with E-state index < -0.39 is 29.7 Å². The Labute approximate surface area is 223 Å². The van der Waals surface area contributed by atoms with Crippen LogP contribution in [0.4, 0.5) is 13.2 Å². The number of carboxylic acids is 1. The highest BCUT2D eigenvalue weighted by molar-refractivity contribution is 7.99. The maximum atomic E-state index is 15.5. The third-order valence-electron chi connectivity index (χ3n) is 6.89. The number of methoxy groups -OCH3 is 1. The number of benzene rings is 2. The largest absolute Gasteiger partial charge is 0.497 e. The second kappa shape index (κ2) is 12.4. The molecule has 2 heterocycles. The first-order chi connectivity index (χ1) is 17.8. The zero-order chi connectivity index (χ0) is 26.5. The number of nitrogens with zero attached hydrogens (tertiary/aromatic N) is 2. The number of fused-ring (bicyclic) bond motifs is 1. The highest BCUT2D eigenvalue weighted by Crippen LogP contribution is 2.38. The summed E-state index contributed by atoms with van der Waals surface area (Å²) in [5.74, 6) is -1.63. The predicted octanol–water partition coefficient (Wildman–Crippen LogP) is 6.78. The fourth-order valence-corrected chi connectivity index (χ4v) is 6.13. The molecule has 5 nitrogen and oxygen atoms in total. The number of carboxylic acid groups (broad SMARTS) is 1. The van der Waals surface area contributed by atoms with Crippen molar-refractivity contribution in [1.29, 1.82) is 0 Å². The highest BCUT2D eigenvalue weighted by Gasteiger charge is 2.34. The Morgan fingerprint density at radius 1 is 1.30 bits per heavy atom. The summed E-state index contributed by atoms with van der Waals surface area (Å²) < 4.78 is 48.0. The molecule has 1 aliphatic rings. The summed E-state index contributed by atoms with van der Waals surface area (Å²) in [6, 6.07) is 8.54. The number of rotatable bonds is 10. The number of carbonyl (C=O) groups is 1. The summed E-state index contributed by atoms with van der Waals surface area (Å²) in [6.45, 7) is 1.54. The van der Waals surface area contributed by atoms with Gasteiger partial charge in [0.2, 0.25) is 0 Å². The fraction of sp³-hybridized carbons (Fsp3) is 0.407. The number of aliphatic carboxylic acids is 1. The first kappa shape index (κ1) is 27.5. The van der Waals surface area contributed by atoms with Gasteiger partial charge in [-0.15, -0.1) is 11.8 Å². The maximum absolute atomic E-state index is 15.5. The third kappa shape index (κ3) is 6.69. The molecule has 3 aromatic rings. The van der Waals surface area contributed by atoms with Crippen molar-refractivity contribution >= 4 is 40.2 Å². The van der Waals surface area contributed by atoms with Gasteiger partial charge in [-0.3, -0.25) is 9.78 Å². The number of aromatic nitrogens is 1. The molecule has 1 fully saturated rings. The molecule has 3 atom stereocenters. The molecule has 1 N–H and O–H groups in total. The molecule has 0 unspecified atom stereocenters. The van der Waals surface area contributed by atoms with Crippen LogP contribution in [0.1, 0.15) is 31.0 Å². The first-order valence-electron chi connectivity index (χ1n) is 12.1. The summed E-state index contributed by atoms with van der Waals surface area (Å²) in [7, 11) is 1.53. The van der Waals surface area contributed by atoms with Crippen molar-refractivity contribution in [2.45, 2.75) is 30.3 Å². The van der Waals surface area contributed by atoms with E-state index in [0.29, 0.717) is 60.4 Å². The molecule has 1 saturated heterocycles. The van der Waals surface area contributed by atoms with Crippen molar-refractivity contribution < 1.29 is 27.8 Å². The van der Waals surface area contributed by atoms with Gasteiger partial charge in [0.05, 0.1) is 23.6 Å². The minimum Gasteiger partial charge on any atom is -0.497 e. The molecule has 0 radical (unpaired) electrons. The van der Waals surface area contributed by atoms with Crippen LogP contribution in [0.3, 0.4) is 0 Å². The molecule has 4 rings (SSSR count). The molecular weight excluding hydrogens is 525 g/mol. The molecule has 0 saturated carbocycles. The Bertz CT molecular complexity index is 1270. The number of hydrogen-bond acceptors (Lipinski definition) is 5. The number of hydrogen-bond donors (Lipinski definition) is 1. The van der Waals surface area contributed by atoms with E-state index in [2.05, 4.69) is 4.98 Å². The van der Waals surface area contributed by atoms with Crippen molar-refractivity contribution in [1.82, 2.24) is 9.88 Å². The number of pyridine rings is 1. The van der Waals surface area contributed by atoms with Crippen molar-refractivity contribution in [3.63, 3.8) is 0 Å². The lowest BCUT2D eigenvalue weighted by molar-refractivity contribution is -0.146. The third-order valence-corrected chi connectivity index (χ3v) is 8.20. The van der Waals surface area contributed by atoms with Gasteiger partial charge in [0, 0.05) is 40.9 Å². The number of thioether (sulfide) groups is 1. The lowest BCUT2D eigenvalue weighted by Gasteiger charge is -2.36. The molecule has 37 heavy (non-hydrogen) atoms. The van der Waals surface area contributed by atoms with Gasteiger partial charge in [0.25, 0.3) is 0 Å². The van der Waals surface area contributed by atoms with Gasteiger partial charge in [-0.1, -0.05) is 11.6 Å². The van der Waals surface area contributed by atoms with E-state index in [0.717, 1.165) is 18.2 Å². The lowest BCUT2D eigenvalue weighted by Crippen LogP contribution is -2.44. The minimum atomic E-state index is -1.38. The van der Waals surface area contributed by atoms with E-state index >= 15 is 4.39 Å². The van der Waals surface area contributed by atoms with Gasteiger partial charge >= 0.3 is 5.97 Å². The Morgan fingerprint density at radius 3 is 2.86 bits per heavy atom. The normalized spacial score (nSPS) is 19.2. The molecule has 0 amide bonds. The van der Waals surface area contributed by atoms with Crippen LogP contribution in [-0.2, 0) is 4.79 Å². The fourth-order valence-electron chi connectivity index (χ4n) is 4.89. The average molecular weight is 553 g/mol. The number of alkyl halides is 1. The smallest absolute Gasteiger partial charge is 0.308 e. The molecular formula is C27H28ClF3N2O3S. The summed E-state index contributed by atoms with van der Waals surface area (Å²) >= 11 is 7.54. The van der Waals surface area contributed by atoms with Gasteiger partial charge in [-0.25, -0.2) is 13.2 Å². The van der Waals surface area contributed by atoms with Crippen molar-refractivity contribution in [3.05, 3.63) is 64.8 Å². The number of halogens is 4. The minimum absolute atomic E-state index is 0.138. The number of ether oxygens (including phenoxy) is 1. The van der Waals surface area contributed by atoms with E-state index in [9.17, 15) is 18.7 Å². The molecule has 1 aliphatic heterocycles. The second-order valence-corrected chi connectivity index (χ2v) is 10.7.